The van der Waals surface area contributed by atoms with E-state index in [0.29, 0.717) is 18.2 Å². The standard InChI is InChI=1S/C17H26N2O4.ClH/c1-12-3-4-14(19-17(20)15(18)11-21-2)9-16(12)23-10-13-5-7-22-8-6-13;/h3-4,9,13,15H,5-8,10-11,18H2,1-2H3,(H,19,20);1H. The van der Waals surface area contributed by atoms with Crippen molar-refractivity contribution in [3.63, 3.8) is 0 Å². The van der Waals surface area contributed by atoms with Crippen LogP contribution in [-0.2, 0) is 14.3 Å². The van der Waals surface area contributed by atoms with E-state index in [2.05, 4.69) is 5.32 Å². The second-order valence-corrected chi connectivity index (χ2v) is 5.90. The molecule has 1 aromatic rings. The minimum absolute atomic E-state index is 0. The van der Waals surface area contributed by atoms with Crippen molar-refractivity contribution in [2.75, 3.05) is 38.9 Å². The number of ether oxygens (including phenoxy) is 3. The van der Waals surface area contributed by atoms with Gasteiger partial charge in [0, 0.05) is 32.1 Å². The van der Waals surface area contributed by atoms with Gasteiger partial charge >= 0.3 is 0 Å². The molecule has 0 saturated carbocycles. The molecule has 24 heavy (non-hydrogen) atoms. The first-order chi connectivity index (χ1) is 11.1. The quantitative estimate of drug-likeness (QED) is 0.780. The lowest BCUT2D eigenvalue weighted by atomic mass is 10.0. The van der Waals surface area contributed by atoms with Crippen LogP contribution in [0.3, 0.4) is 0 Å². The van der Waals surface area contributed by atoms with Crippen LogP contribution in [0, 0.1) is 12.8 Å². The zero-order chi connectivity index (χ0) is 16.7. The van der Waals surface area contributed by atoms with Crippen LogP contribution < -0.4 is 15.8 Å². The van der Waals surface area contributed by atoms with Gasteiger partial charge in [-0.3, -0.25) is 4.79 Å². The molecule has 1 amide bonds. The van der Waals surface area contributed by atoms with E-state index >= 15 is 0 Å². The Labute approximate surface area is 149 Å². The summed E-state index contributed by atoms with van der Waals surface area (Å²) in [5.74, 6) is 1.04. The molecule has 1 heterocycles. The Kier molecular flexibility index (Phi) is 9.07. The minimum atomic E-state index is -0.687. The SMILES string of the molecule is COCC(N)C(=O)Nc1ccc(C)c(OCC2CCOCC2)c1.Cl. The number of nitrogens with two attached hydrogens (primary N) is 1. The van der Waals surface area contributed by atoms with Crippen LogP contribution in [-0.4, -0.2) is 45.5 Å². The van der Waals surface area contributed by atoms with Crippen LogP contribution in [0.2, 0.25) is 0 Å². The van der Waals surface area contributed by atoms with Gasteiger partial charge in [-0.05, 0) is 37.3 Å². The third kappa shape index (κ3) is 6.28. The Hall–Kier alpha value is -1.34. The van der Waals surface area contributed by atoms with Crippen molar-refractivity contribution < 1.29 is 19.0 Å². The van der Waals surface area contributed by atoms with Crippen LogP contribution in [0.25, 0.3) is 0 Å². The summed E-state index contributed by atoms with van der Waals surface area (Å²) in [6.45, 7) is 4.46. The van der Waals surface area contributed by atoms with Gasteiger partial charge in [0.2, 0.25) is 5.91 Å². The van der Waals surface area contributed by atoms with Gasteiger partial charge < -0.3 is 25.3 Å². The minimum Gasteiger partial charge on any atom is -0.493 e. The van der Waals surface area contributed by atoms with Gasteiger partial charge in [0.15, 0.2) is 0 Å². The lowest BCUT2D eigenvalue weighted by molar-refractivity contribution is -0.118. The monoisotopic (exact) mass is 358 g/mol. The number of rotatable bonds is 7. The summed E-state index contributed by atoms with van der Waals surface area (Å²) in [6, 6.07) is 4.92. The predicted octanol–water partition coefficient (Wildman–Crippen LogP) is 2.13. The van der Waals surface area contributed by atoms with Gasteiger partial charge in [0.1, 0.15) is 11.8 Å². The van der Waals surface area contributed by atoms with Crippen molar-refractivity contribution in [3.8, 4) is 5.75 Å². The molecule has 1 unspecified atom stereocenters. The average Bonchev–Trinajstić information content (AvgIpc) is 2.56. The number of methoxy groups -OCH3 is 1. The van der Waals surface area contributed by atoms with Gasteiger partial charge in [0.05, 0.1) is 13.2 Å². The van der Waals surface area contributed by atoms with Gasteiger partial charge in [-0.15, -0.1) is 12.4 Å². The van der Waals surface area contributed by atoms with E-state index in [1.165, 1.54) is 7.11 Å². The van der Waals surface area contributed by atoms with E-state index in [9.17, 15) is 4.79 Å². The highest BCUT2D eigenvalue weighted by Gasteiger charge is 2.16. The smallest absolute Gasteiger partial charge is 0.243 e. The molecule has 2 rings (SSSR count). The fourth-order valence-electron chi connectivity index (χ4n) is 2.44. The third-order valence-corrected chi connectivity index (χ3v) is 3.95. The van der Waals surface area contributed by atoms with Crippen molar-refractivity contribution in [1.82, 2.24) is 0 Å². The molecular weight excluding hydrogens is 332 g/mol. The Morgan fingerprint density at radius 1 is 1.42 bits per heavy atom. The van der Waals surface area contributed by atoms with Crippen molar-refractivity contribution in [1.29, 1.82) is 0 Å². The Balaban J connectivity index is 0.00000288. The summed E-state index contributed by atoms with van der Waals surface area (Å²) >= 11 is 0. The topological polar surface area (TPSA) is 82.8 Å². The van der Waals surface area contributed by atoms with E-state index in [1.54, 1.807) is 0 Å². The number of benzene rings is 1. The normalized spacial score (nSPS) is 16.1. The molecule has 136 valence electrons. The maximum Gasteiger partial charge on any atom is 0.243 e. The zero-order valence-corrected chi connectivity index (χ0v) is 15.1. The van der Waals surface area contributed by atoms with Gasteiger partial charge in [0.25, 0.3) is 0 Å². The number of hydrogen-bond donors (Lipinski definition) is 2. The first kappa shape index (κ1) is 20.7. The summed E-state index contributed by atoms with van der Waals surface area (Å²) in [4.78, 5) is 11.9. The van der Waals surface area contributed by atoms with E-state index in [1.807, 2.05) is 25.1 Å². The highest BCUT2D eigenvalue weighted by molar-refractivity contribution is 5.95. The Morgan fingerprint density at radius 2 is 2.12 bits per heavy atom. The lowest BCUT2D eigenvalue weighted by Gasteiger charge is -2.22. The second kappa shape index (κ2) is 10.5. The molecule has 0 aliphatic carbocycles. The molecule has 1 fully saturated rings. The third-order valence-electron chi connectivity index (χ3n) is 3.95. The summed E-state index contributed by atoms with van der Waals surface area (Å²) in [7, 11) is 1.52. The molecule has 0 radical (unpaired) electrons. The number of amides is 1. The van der Waals surface area contributed by atoms with Gasteiger partial charge in [-0.2, -0.15) is 0 Å². The molecule has 1 atom stereocenters. The van der Waals surface area contributed by atoms with Crippen molar-refractivity contribution in [2.45, 2.75) is 25.8 Å². The predicted molar refractivity (Wildman–Crippen MR) is 95.9 cm³/mol. The maximum absolute atomic E-state index is 11.9. The van der Waals surface area contributed by atoms with Crippen LogP contribution in [0.4, 0.5) is 5.69 Å². The zero-order valence-electron chi connectivity index (χ0n) is 14.2. The van der Waals surface area contributed by atoms with Crippen LogP contribution in [0.5, 0.6) is 5.75 Å². The van der Waals surface area contributed by atoms with Crippen molar-refractivity contribution in [2.24, 2.45) is 11.7 Å². The van der Waals surface area contributed by atoms with Crippen molar-refractivity contribution >= 4 is 24.0 Å². The number of anilines is 1. The van der Waals surface area contributed by atoms with E-state index in [0.717, 1.165) is 37.4 Å². The summed E-state index contributed by atoms with van der Waals surface area (Å²) in [5, 5.41) is 2.79. The number of aryl methyl sites for hydroxylation is 1. The molecule has 0 aromatic heterocycles. The molecule has 1 aliphatic heterocycles. The fourth-order valence-corrected chi connectivity index (χ4v) is 2.44. The molecule has 1 aromatic carbocycles. The van der Waals surface area contributed by atoms with Crippen LogP contribution >= 0.6 is 12.4 Å². The lowest BCUT2D eigenvalue weighted by Crippen LogP contribution is -2.39. The molecule has 0 spiro atoms. The molecule has 6 nitrogen and oxygen atoms in total. The van der Waals surface area contributed by atoms with E-state index < -0.39 is 6.04 Å². The van der Waals surface area contributed by atoms with Gasteiger partial charge in [-0.25, -0.2) is 0 Å². The number of carbonyl (C=O) groups excluding carboxylic acids is 1. The molecule has 7 heteroatoms. The Bertz CT molecular complexity index is 521. The summed E-state index contributed by atoms with van der Waals surface area (Å²) < 4.78 is 16.2. The number of hydrogen-bond acceptors (Lipinski definition) is 5. The Morgan fingerprint density at radius 3 is 2.79 bits per heavy atom. The second-order valence-electron chi connectivity index (χ2n) is 5.90. The average molecular weight is 359 g/mol. The van der Waals surface area contributed by atoms with Crippen molar-refractivity contribution in [3.05, 3.63) is 23.8 Å². The fraction of sp³-hybridized carbons (Fsp3) is 0.588. The molecule has 3 N–H and O–H groups in total. The summed E-state index contributed by atoms with van der Waals surface area (Å²) in [6.07, 6.45) is 2.06. The molecule has 1 aliphatic rings. The van der Waals surface area contributed by atoms with Gasteiger partial charge in [-0.1, -0.05) is 6.07 Å². The highest BCUT2D eigenvalue weighted by atomic mass is 35.5. The van der Waals surface area contributed by atoms with E-state index in [4.69, 9.17) is 19.9 Å². The largest absolute Gasteiger partial charge is 0.493 e. The van der Waals surface area contributed by atoms with Crippen LogP contribution in [0.15, 0.2) is 18.2 Å². The molecule has 0 bridgehead atoms. The summed E-state index contributed by atoms with van der Waals surface area (Å²) in [5.41, 5.74) is 7.43. The first-order valence-electron chi connectivity index (χ1n) is 7.96. The van der Waals surface area contributed by atoms with E-state index in [-0.39, 0.29) is 24.9 Å². The highest BCUT2D eigenvalue weighted by Crippen LogP contribution is 2.24. The first-order valence-corrected chi connectivity index (χ1v) is 7.96. The molecule has 1 saturated heterocycles. The number of nitrogens with one attached hydrogen (secondary N) is 1. The van der Waals surface area contributed by atoms with Crippen LogP contribution in [0.1, 0.15) is 18.4 Å². The number of halogens is 1. The maximum atomic E-state index is 11.9. The number of carbonyl (C=O) groups is 1. The molecular formula is C17H27ClN2O4.